The summed E-state index contributed by atoms with van der Waals surface area (Å²) in [6, 6.07) is 10.0. The Balaban J connectivity index is 1.42. The van der Waals surface area contributed by atoms with Crippen molar-refractivity contribution in [2.75, 3.05) is 31.1 Å². The van der Waals surface area contributed by atoms with E-state index in [-0.39, 0.29) is 5.92 Å². The number of hydrogen-bond acceptors (Lipinski definition) is 5. The first-order chi connectivity index (χ1) is 13.7. The van der Waals surface area contributed by atoms with Crippen LogP contribution in [0, 0.1) is 5.92 Å². The van der Waals surface area contributed by atoms with E-state index in [4.69, 9.17) is 11.6 Å². The fraction of sp³-hybridized carbons (Fsp3) is 0.381. The van der Waals surface area contributed by atoms with Crippen molar-refractivity contribution in [2.24, 2.45) is 5.92 Å². The monoisotopic (exact) mass is 412 g/mol. The molecule has 2 fully saturated rings. The lowest BCUT2D eigenvalue weighted by Crippen LogP contribution is -2.36. The third-order valence-corrected chi connectivity index (χ3v) is 6.88. The molecule has 3 aromatic rings. The number of carbonyl (C=O) groups is 1. The fourth-order valence-corrected chi connectivity index (χ4v) is 5.02. The summed E-state index contributed by atoms with van der Waals surface area (Å²) in [6.45, 7) is 3.35. The van der Waals surface area contributed by atoms with E-state index in [1.807, 2.05) is 29.2 Å². The second kappa shape index (κ2) is 7.33. The normalized spacial score (nSPS) is 17.8. The van der Waals surface area contributed by atoms with Gasteiger partial charge in [-0.3, -0.25) is 4.79 Å². The largest absolute Gasteiger partial charge is 0.353 e. The molecule has 0 atom stereocenters. The lowest BCUT2D eigenvalue weighted by atomic mass is 10.2. The van der Waals surface area contributed by atoms with Crippen molar-refractivity contribution >= 4 is 44.9 Å². The summed E-state index contributed by atoms with van der Waals surface area (Å²) in [5.41, 5.74) is 2.10. The van der Waals surface area contributed by atoms with Gasteiger partial charge in [0.2, 0.25) is 5.91 Å². The molecule has 1 saturated carbocycles. The first-order valence-corrected chi connectivity index (χ1v) is 10.9. The highest BCUT2D eigenvalue weighted by Gasteiger charge is 2.34. The van der Waals surface area contributed by atoms with Crippen LogP contribution in [0.3, 0.4) is 0 Å². The Morgan fingerprint density at radius 1 is 1.07 bits per heavy atom. The molecule has 3 heterocycles. The molecule has 7 heteroatoms. The number of carbonyl (C=O) groups excluding carboxylic acids is 1. The van der Waals surface area contributed by atoms with Crippen LogP contribution in [0.2, 0.25) is 5.02 Å². The highest BCUT2D eigenvalue weighted by molar-refractivity contribution is 7.22. The molecule has 0 unspecified atom stereocenters. The van der Waals surface area contributed by atoms with Crippen LogP contribution in [0.15, 0.2) is 36.7 Å². The summed E-state index contributed by atoms with van der Waals surface area (Å²) in [5, 5.41) is 0.736. The number of benzene rings is 1. The van der Waals surface area contributed by atoms with E-state index in [0.29, 0.717) is 5.91 Å². The molecule has 5 rings (SSSR count). The van der Waals surface area contributed by atoms with Crippen molar-refractivity contribution in [1.29, 1.82) is 0 Å². The first-order valence-electron chi connectivity index (χ1n) is 9.73. The molecule has 0 N–H and O–H groups in total. The molecule has 1 amide bonds. The Morgan fingerprint density at radius 2 is 1.89 bits per heavy atom. The van der Waals surface area contributed by atoms with Crippen LogP contribution >= 0.6 is 22.9 Å². The Kier molecular flexibility index (Phi) is 4.69. The van der Waals surface area contributed by atoms with E-state index in [2.05, 4.69) is 20.9 Å². The maximum Gasteiger partial charge on any atom is 0.225 e. The lowest BCUT2D eigenvalue weighted by Gasteiger charge is -2.23. The summed E-state index contributed by atoms with van der Waals surface area (Å²) in [6.07, 6.45) is 4.75. The van der Waals surface area contributed by atoms with E-state index in [1.165, 1.54) is 0 Å². The van der Waals surface area contributed by atoms with E-state index in [0.717, 1.165) is 76.9 Å². The zero-order chi connectivity index (χ0) is 19.1. The minimum Gasteiger partial charge on any atom is -0.353 e. The van der Waals surface area contributed by atoms with Gasteiger partial charge in [-0.2, -0.15) is 0 Å². The summed E-state index contributed by atoms with van der Waals surface area (Å²) < 4.78 is 1.11. The molecular formula is C21H21ClN4OS. The highest BCUT2D eigenvalue weighted by Crippen LogP contribution is 2.37. The van der Waals surface area contributed by atoms with Crippen LogP contribution in [-0.2, 0) is 4.79 Å². The van der Waals surface area contributed by atoms with E-state index in [1.54, 1.807) is 17.7 Å². The predicted molar refractivity (Wildman–Crippen MR) is 114 cm³/mol. The molecule has 144 valence electrons. The second-order valence-electron chi connectivity index (χ2n) is 7.47. The number of thiophene rings is 1. The van der Waals surface area contributed by atoms with E-state index in [9.17, 15) is 4.79 Å². The van der Waals surface area contributed by atoms with Crippen molar-refractivity contribution in [3.8, 4) is 10.4 Å². The maximum atomic E-state index is 12.4. The van der Waals surface area contributed by atoms with Crippen molar-refractivity contribution in [3.05, 3.63) is 41.7 Å². The van der Waals surface area contributed by atoms with Crippen LogP contribution < -0.4 is 4.90 Å². The summed E-state index contributed by atoms with van der Waals surface area (Å²) in [7, 11) is 0. The number of rotatable bonds is 3. The standard InChI is InChI=1S/C21H21ClN4OS/c22-16-6-4-14(5-7-16)18-12-17-19(28-18)20(24-13-23-17)25-8-1-9-26(11-10-25)21(27)15-2-3-15/h4-7,12-13,15H,1-3,8-11H2. The summed E-state index contributed by atoms with van der Waals surface area (Å²) >= 11 is 7.74. The average Bonchev–Trinajstić information content (AvgIpc) is 3.50. The van der Waals surface area contributed by atoms with Gasteiger partial charge in [-0.1, -0.05) is 23.7 Å². The van der Waals surface area contributed by atoms with Gasteiger partial charge in [0.25, 0.3) is 0 Å². The van der Waals surface area contributed by atoms with Crippen LogP contribution in [0.4, 0.5) is 5.82 Å². The smallest absolute Gasteiger partial charge is 0.225 e. The van der Waals surface area contributed by atoms with Crippen molar-refractivity contribution in [1.82, 2.24) is 14.9 Å². The molecule has 0 spiro atoms. The molecule has 2 aliphatic rings. The Morgan fingerprint density at radius 3 is 2.68 bits per heavy atom. The van der Waals surface area contributed by atoms with Crippen LogP contribution in [0.25, 0.3) is 20.7 Å². The number of amides is 1. The number of hydrogen-bond donors (Lipinski definition) is 0. The van der Waals surface area contributed by atoms with E-state index >= 15 is 0 Å². The van der Waals surface area contributed by atoms with Gasteiger partial charge in [-0.15, -0.1) is 11.3 Å². The summed E-state index contributed by atoms with van der Waals surface area (Å²) in [4.78, 5) is 27.0. The molecule has 1 aromatic carbocycles. The zero-order valence-corrected chi connectivity index (χ0v) is 17.0. The minimum atomic E-state index is 0.288. The summed E-state index contributed by atoms with van der Waals surface area (Å²) in [5.74, 6) is 1.61. The predicted octanol–water partition coefficient (Wildman–Crippen LogP) is 4.46. The Bertz CT molecular complexity index is 1010. The van der Waals surface area contributed by atoms with Gasteiger partial charge in [0.05, 0.1) is 10.2 Å². The van der Waals surface area contributed by atoms with Crippen LogP contribution in [-0.4, -0.2) is 47.0 Å². The number of nitrogens with zero attached hydrogens (tertiary/aromatic N) is 4. The Hall–Kier alpha value is -2.18. The van der Waals surface area contributed by atoms with Gasteiger partial charge in [0, 0.05) is 42.0 Å². The number of halogens is 1. The third-order valence-electron chi connectivity index (χ3n) is 5.45. The molecule has 5 nitrogen and oxygen atoms in total. The van der Waals surface area contributed by atoms with Gasteiger partial charge in [-0.05, 0) is 43.0 Å². The van der Waals surface area contributed by atoms with Crippen molar-refractivity contribution in [3.63, 3.8) is 0 Å². The second-order valence-corrected chi connectivity index (χ2v) is 8.96. The number of anilines is 1. The molecule has 1 aliphatic heterocycles. The quantitative estimate of drug-likeness (QED) is 0.637. The molecule has 2 aromatic heterocycles. The highest BCUT2D eigenvalue weighted by atomic mass is 35.5. The van der Waals surface area contributed by atoms with Gasteiger partial charge in [0.1, 0.15) is 12.1 Å². The lowest BCUT2D eigenvalue weighted by molar-refractivity contribution is -0.132. The van der Waals surface area contributed by atoms with Gasteiger partial charge in [0.15, 0.2) is 0 Å². The van der Waals surface area contributed by atoms with Gasteiger partial charge >= 0.3 is 0 Å². The third kappa shape index (κ3) is 3.47. The molecule has 1 saturated heterocycles. The average molecular weight is 413 g/mol. The minimum absolute atomic E-state index is 0.288. The fourth-order valence-electron chi connectivity index (χ4n) is 3.76. The zero-order valence-electron chi connectivity index (χ0n) is 15.5. The molecule has 1 aliphatic carbocycles. The van der Waals surface area contributed by atoms with Crippen LogP contribution in [0.5, 0.6) is 0 Å². The molecule has 0 bridgehead atoms. The maximum absolute atomic E-state index is 12.4. The topological polar surface area (TPSA) is 49.3 Å². The Labute approximate surface area is 173 Å². The molecule has 0 radical (unpaired) electrons. The van der Waals surface area contributed by atoms with Crippen molar-refractivity contribution < 1.29 is 4.79 Å². The first kappa shape index (κ1) is 17.9. The number of aromatic nitrogens is 2. The molecule has 28 heavy (non-hydrogen) atoms. The SMILES string of the molecule is O=C(C1CC1)N1CCCN(c2ncnc3cc(-c4ccc(Cl)cc4)sc23)CC1. The van der Waals surface area contributed by atoms with Crippen LogP contribution in [0.1, 0.15) is 19.3 Å². The molecular weight excluding hydrogens is 392 g/mol. The van der Waals surface area contributed by atoms with Gasteiger partial charge in [-0.25, -0.2) is 9.97 Å². The van der Waals surface area contributed by atoms with E-state index < -0.39 is 0 Å². The van der Waals surface area contributed by atoms with Gasteiger partial charge < -0.3 is 9.80 Å². The van der Waals surface area contributed by atoms with Crippen molar-refractivity contribution in [2.45, 2.75) is 19.3 Å². The number of fused-ring (bicyclic) bond motifs is 1.